The van der Waals surface area contributed by atoms with Gasteiger partial charge in [-0.15, -0.1) is 11.3 Å². The summed E-state index contributed by atoms with van der Waals surface area (Å²) in [5, 5.41) is 20.5. The number of benzene rings is 1. The first kappa shape index (κ1) is 11.8. The number of thiophene rings is 1. The zero-order chi connectivity index (χ0) is 12.4. The van der Waals surface area contributed by atoms with E-state index < -0.39 is 0 Å². The molecule has 2 aromatic rings. The van der Waals surface area contributed by atoms with Gasteiger partial charge in [-0.1, -0.05) is 24.3 Å². The van der Waals surface area contributed by atoms with Gasteiger partial charge in [-0.3, -0.25) is 4.79 Å². The van der Waals surface area contributed by atoms with Gasteiger partial charge in [0.2, 0.25) is 0 Å². The second kappa shape index (κ2) is 4.69. The molecule has 0 unspecified atom stereocenters. The van der Waals surface area contributed by atoms with Gasteiger partial charge >= 0.3 is 0 Å². The van der Waals surface area contributed by atoms with Crippen LogP contribution in [0.15, 0.2) is 29.6 Å². The molecule has 2 rings (SSSR count). The topological polar surface area (TPSA) is 57.5 Å². The summed E-state index contributed by atoms with van der Waals surface area (Å²) in [5.74, 6) is -0.101. The molecule has 88 valence electrons. The van der Waals surface area contributed by atoms with Crippen molar-refractivity contribution in [2.45, 2.75) is 13.5 Å². The van der Waals surface area contributed by atoms with Gasteiger partial charge in [0, 0.05) is 5.38 Å². The van der Waals surface area contributed by atoms with Crippen molar-refractivity contribution in [1.82, 2.24) is 0 Å². The van der Waals surface area contributed by atoms with E-state index in [1.54, 1.807) is 17.5 Å². The van der Waals surface area contributed by atoms with E-state index in [-0.39, 0.29) is 18.1 Å². The maximum atomic E-state index is 11.2. The molecule has 0 aliphatic heterocycles. The standard InChI is InChI=1S/C13H12O3S/c1-8(15)11-7-17-13(12(11)16)10-4-2-9(6-14)3-5-10/h2-5,7,14,16H,6H2,1H3. The summed E-state index contributed by atoms with van der Waals surface area (Å²) in [6, 6.07) is 7.23. The Morgan fingerprint density at radius 3 is 2.41 bits per heavy atom. The number of aliphatic hydroxyl groups is 1. The number of carbonyl (C=O) groups is 1. The molecular weight excluding hydrogens is 236 g/mol. The van der Waals surface area contributed by atoms with Gasteiger partial charge in [-0.25, -0.2) is 0 Å². The van der Waals surface area contributed by atoms with Crippen molar-refractivity contribution in [3.63, 3.8) is 0 Å². The van der Waals surface area contributed by atoms with E-state index in [0.717, 1.165) is 11.1 Å². The zero-order valence-electron chi connectivity index (χ0n) is 9.30. The maximum absolute atomic E-state index is 11.2. The molecular formula is C13H12O3S. The molecule has 0 saturated carbocycles. The smallest absolute Gasteiger partial charge is 0.164 e. The lowest BCUT2D eigenvalue weighted by Gasteiger charge is -2.01. The van der Waals surface area contributed by atoms with E-state index in [9.17, 15) is 9.90 Å². The lowest BCUT2D eigenvalue weighted by molar-refractivity contribution is 0.101. The third kappa shape index (κ3) is 2.23. The maximum Gasteiger partial charge on any atom is 0.164 e. The number of hydrogen-bond acceptors (Lipinski definition) is 4. The molecule has 2 N–H and O–H groups in total. The van der Waals surface area contributed by atoms with E-state index in [0.29, 0.717) is 10.4 Å². The molecule has 0 bridgehead atoms. The van der Waals surface area contributed by atoms with Crippen LogP contribution in [0.4, 0.5) is 0 Å². The third-order valence-electron chi connectivity index (χ3n) is 2.54. The number of ketones is 1. The highest BCUT2D eigenvalue weighted by molar-refractivity contribution is 7.14. The fourth-order valence-electron chi connectivity index (χ4n) is 1.57. The fraction of sp³-hybridized carbons (Fsp3) is 0.154. The monoisotopic (exact) mass is 248 g/mol. The first-order valence-corrected chi connectivity index (χ1v) is 6.03. The molecule has 0 spiro atoms. The van der Waals surface area contributed by atoms with Crippen LogP contribution in [0.25, 0.3) is 10.4 Å². The normalized spacial score (nSPS) is 10.5. The van der Waals surface area contributed by atoms with Gasteiger partial charge in [-0.2, -0.15) is 0 Å². The summed E-state index contributed by atoms with van der Waals surface area (Å²) >= 11 is 1.34. The number of hydrogen-bond donors (Lipinski definition) is 2. The summed E-state index contributed by atoms with van der Waals surface area (Å²) in [5.41, 5.74) is 2.02. The highest BCUT2D eigenvalue weighted by atomic mass is 32.1. The minimum absolute atomic E-state index is 0.00456. The average molecular weight is 248 g/mol. The molecule has 0 fully saturated rings. The number of carbonyl (C=O) groups excluding carboxylic acids is 1. The minimum atomic E-state index is -0.142. The Morgan fingerprint density at radius 1 is 1.29 bits per heavy atom. The molecule has 0 radical (unpaired) electrons. The van der Waals surface area contributed by atoms with Crippen molar-refractivity contribution >= 4 is 17.1 Å². The van der Waals surface area contributed by atoms with Crippen LogP contribution < -0.4 is 0 Å². The second-order valence-corrected chi connectivity index (χ2v) is 4.62. The summed E-state index contributed by atoms with van der Waals surface area (Å²) in [6.45, 7) is 1.43. The number of Topliss-reactive ketones (excluding diaryl/α,β-unsaturated/α-hetero) is 1. The van der Waals surface area contributed by atoms with Crippen LogP contribution in [-0.2, 0) is 6.61 Å². The largest absolute Gasteiger partial charge is 0.506 e. The van der Waals surface area contributed by atoms with Gasteiger partial charge in [0.1, 0.15) is 5.75 Å². The van der Waals surface area contributed by atoms with Gasteiger partial charge in [0.15, 0.2) is 5.78 Å². The van der Waals surface area contributed by atoms with Crippen molar-refractivity contribution in [1.29, 1.82) is 0 Å². The molecule has 0 atom stereocenters. The summed E-state index contributed by atoms with van der Waals surface area (Å²) in [4.78, 5) is 11.9. The predicted molar refractivity (Wildman–Crippen MR) is 67.3 cm³/mol. The van der Waals surface area contributed by atoms with Crippen molar-refractivity contribution in [3.05, 3.63) is 40.8 Å². The molecule has 17 heavy (non-hydrogen) atoms. The SMILES string of the molecule is CC(=O)c1csc(-c2ccc(CO)cc2)c1O. The summed E-state index contributed by atoms with van der Waals surface area (Å²) in [6.07, 6.45) is 0. The highest BCUT2D eigenvalue weighted by Crippen LogP contribution is 2.38. The van der Waals surface area contributed by atoms with Gasteiger partial charge in [0.05, 0.1) is 17.0 Å². The Labute approximate surface area is 103 Å². The summed E-state index contributed by atoms with van der Waals surface area (Å²) in [7, 11) is 0. The molecule has 0 amide bonds. The van der Waals surface area contributed by atoms with Crippen LogP contribution in [-0.4, -0.2) is 16.0 Å². The van der Waals surface area contributed by atoms with Crippen molar-refractivity contribution in [2.75, 3.05) is 0 Å². The van der Waals surface area contributed by atoms with Crippen LogP contribution in [0.2, 0.25) is 0 Å². The zero-order valence-corrected chi connectivity index (χ0v) is 10.1. The Hall–Kier alpha value is -1.65. The molecule has 1 aromatic heterocycles. The Bertz CT molecular complexity index is 540. The molecule has 0 saturated heterocycles. The van der Waals surface area contributed by atoms with Gasteiger partial charge < -0.3 is 10.2 Å². The predicted octanol–water partition coefficient (Wildman–Crippen LogP) is 2.82. The van der Waals surface area contributed by atoms with Crippen LogP contribution in [0.5, 0.6) is 5.75 Å². The summed E-state index contributed by atoms with van der Waals surface area (Å²) < 4.78 is 0. The highest BCUT2D eigenvalue weighted by Gasteiger charge is 2.15. The van der Waals surface area contributed by atoms with Crippen molar-refractivity contribution in [2.24, 2.45) is 0 Å². The lowest BCUT2D eigenvalue weighted by atomic mass is 10.1. The van der Waals surface area contributed by atoms with E-state index in [1.807, 2.05) is 12.1 Å². The van der Waals surface area contributed by atoms with E-state index >= 15 is 0 Å². The molecule has 3 nitrogen and oxygen atoms in total. The molecule has 1 aromatic carbocycles. The van der Waals surface area contributed by atoms with Gasteiger partial charge in [0.25, 0.3) is 0 Å². The fourth-order valence-corrected chi connectivity index (χ4v) is 2.57. The lowest BCUT2D eigenvalue weighted by Crippen LogP contribution is -1.88. The molecule has 0 aliphatic rings. The average Bonchev–Trinajstić information content (AvgIpc) is 2.71. The second-order valence-electron chi connectivity index (χ2n) is 3.74. The Balaban J connectivity index is 2.42. The van der Waals surface area contributed by atoms with Gasteiger partial charge in [-0.05, 0) is 18.1 Å². The first-order valence-electron chi connectivity index (χ1n) is 5.15. The molecule has 0 aliphatic carbocycles. The van der Waals surface area contributed by atoms with Crippen LogP contribution in [0, 0.1) is 0 Å². The van der Waals surface area contributed by atoms with Crippen molar-refractivity contribution < 1.29 is 15.0 Å². The molecule has 1 heterocycles. The number of aliphatic hydroxyl groups excluding tert-OH is 1. The van der Waals surface area contributed by atoms with Crippen LogP contribution >= 0.6 is 11.3 Å². The van der Waals surface area contributed by atoms with Crippen LogP contribution in [0.1, 0.15) is 22.8 Å². The third-order valence-corrected chi connectivity index (χ3v) is 3.56. The number of aromatic hydroxyl groups is 1. The van der Waals surface area contributed by atoms with E-state index in [1.165, 1.54) is 18.3 Å². The first-order chi connectivity index (χ1) is 8.13. The number of rotatable bonds is 3. The molecule has 4 heteroatoms. The van der Waals surface area contributed by atoms with Crippen molar-refractivity contribution in [3.8, 4) is 16.2 Å². The Morgan fingerprint density at radius 2 is 1.94 bits per heavy atom. The Kier molecular flexibility index (Phi) is 3.26. The minimum Gasteiger partial charge on any atom is -0.506 e. The van der Waals surface area contributed by atoms with E-state index in [4.69, 9.17) is 5.11 Å². The van der Waals surface area contributed by atoms with E-state index in [2.05, 4.69) is 0 Å². The van der Waals surface area contributed by atoms with Crippen LogP contribution in [0.3, 0.4) is 0 Å². The quantitative estimate of drug-likeness (QED) is 0.821.